The Morgan fingerprint density at radius 3 is 2.57 bits per heavy atom. The molecule has 2 aromatic heterocycles. The van der Waals surface area contributed by atoms with Crippen LogP contribution < -0.4 is 10.1 Å². The Kier molecular flexibility index (Phi) is 6.16. The molecule has 2 heterocycles. The van der Waals surface area contributed by atoms with Gasteiger partial charge >= 0.3 is 0 Å². The van der Waals surface area contributed by atoms with E-state index in [1.54, 1.807) is 43.6 Å². The van der Waals surface area contributed by atoms with Crippen LogP contribution in [0.3, 0.4) is 0 Å². The van der Waals surface area contributed by atoms with Gasteiger partial charge in [0.2, 0.25) is 0 Å². The maximum Gasteiger partial charge on any atom is 0.274 e. The summed E-state index contributed by atoms with van der Waals surface area (Å²) in [5, 5.41) is 11.4. The number of anilines is 2. The van der Waals surface area contributed by atoms with Gasteiger partial charge in [0.15, 0.2) is 11.5 Å². The molecule has 1 amide bonds. The van der Waals surface area contributed by atoms with Gasteiger partial charge in [-0.05, 0) is 60.9 Å². The van der Waals surface area contributed by atoms with Crippen molar-refractivity contribution in [1.82, 2.24) is 20.1 Å². The monoisotopic (exact) mass is 377 g/mol. The molecule has 0 saturated carbocycles. The number of aryl methyl sites for hydroxylation is 1. The SMILES string of the molecule is COc1ccc(C)cc1Nc1ccc(C(=O)N(C)CCc2ccncc2)nn1. The number of amides is 1. The molecule has 0 unspecified atom stereocenters. The first kappa shape index (κ1) is 19.3. The number of benzene rings is 1. The second-order valence-electron chi connectivity index (χ2n) is 6.46. The van der Waals surface area contributed by atoms with Gasteiger partial charge in [0.05, 0.1) is 12.8 Å². The van der Waals surface area contributed by atoms with Gasteiger partial charge in [-0.1, -0.05) is 6.07 Å². The third kappa shape index (κ3) is 4.82. The second kappa shape index (κ2) is 8.94. The Balaban J connectivity index is 1.63. The highest BCUT2D eigenvalue weighted by Crippen LogP contribution is 2.27. The Morgan fingerprint density at radius 1 is 1.11 bits per heavy atom. The zero-order valence-electron chi connectivity index (χ0n) is 16.2. The Bertz CT molecular complexity index is 929. The van der Waals surface area contributed by atoms with Crippen molar-refractivity contribution in [3.8, 4) is 5.75 Å². The van der Waals surface area contributed by atoms with E-state index in [9.17, 15) is 4.79 Å². The van der Waals surface area contributed by atoms with Crippen molar-refractivity contribution in [3.63, 3.8) is 0 Å². The van der Waals surface area contributed by atoms with Crippen molar-refractivity contribution in [2.45, 2.75) is 13.3 Å². The third-order valence-corrected chi connectivity index (χ3v) is 4.33. The topological polar surface area (TPSA) is 80.2 Å². The fourth-order valence-corrected chi connectivity index (χ4v) is 2.71. The third-order valence-electron chi connectivity index (χ3n) is 4.33. The van der Waals surface area contributed by atoms with Crippen molar-refractivity contribution in [1.29, 1.82) is 0 Å². The minimum absolute atomic E-state index is 0.166. The van der Waals surface area contributed by atoms with E-state index < -0.39 is 0 Å². The molecule has 0 aliphatic carbocycles. The van der Waals surface area contributed by atoms with E-state index in [0.29, 0.717) is 23.8 Å². The highest BCUT2D eigenvalue weighted by Gasteiger charge is 2.14. The van der Waals surface area contributed by atoms with Gasteiger partial charge in [-0.2, -0.15) is 0 Å². The van der Waals surface area contributed by atoms with Crippen LogP contribution in [-0.2, 0) is 6.42 Å². The van der Waals surface area contributed by atoms with Crippen LogP contribution in [0.2, 0.25) is 0 Å². The number of nitrogens with zero attached hydrogens (tertiary/aromatic N) is 4. The van der Waals surface area contributed by atoms with E-state index in [0.717, 1.165) is 23.2 Å². The van der Waals surface area contributed by atoms with Crippen molar-refractivity contribution in [3.05, 3.63) is 71.7 Å². The summed E-state index contributed by atoms with van der Waals surface area (Å²) < 4.78 is 5.35. The smallest absolute Gasteiger partial charge is 0.274 e. The largest absolute Gasteiger partial charge is 0.495 e. The van der Waals surface area contributed by atoms with E-state index in [2.05, 4.69) is 20.5 Å². The van der Waals surface area contributed by atoms with E-state index in [-0.39, 0.29) is 5.91 Å². The van der Waals surface area contributed by atoms with E-state index in [1.807, 2.05) is 37.3 Å². The molecular formula is C21H23N5O2. The minimum atomic E-state index is -0.166. The van der Waals surface area contributed by atoms with E-state index in [4.69, 9.17) is 4.74 Å². The van der Waals surface area contributed by atoms with Gasteiger partial charge in [-0.3, -0.25) is 9.78 Å². The molecule has 1 N–H and O–H groups in total. The normalized spacial score (nSPS) is 10.4. The first-order valence-electron chi connectivity index (χ1n) is 8.96. The second-order valence-corrected chi connectivity index (χ2v) is 6.46. The molecule has 28 heavy (non-hydrogen) atoms. The van der Waals surface area contributed by atoms with Crippen molar-refractivity contribution in [2.75, 3.05) is 26.0 Å². The maximum atomic E-state index is 12.6. The Morgan fingerprint density at radius 2 is 1.89 bits per heavy atom. The van der Waals surface area contributed by atoms with Crippen LogP contribution >= 0.6 is 0 Å². The zero-order valence-corrected chi connectivity index (χ0v) is 16.2. The lowest BCUT2D eigenvalue weighted by Crippen LogP contribution is -2.29. The molecule has 3 aromatic rings. The average molecular weight is 377 g/mol. The van der Waals surface area contributed by atoms with Crippen molar-refractivity contribution >= 4 is 17.4 Å². The van der Waals surface area contributed by atoms with Crippen LogP contribution in [0.5, 0.6) is 5.75 Å². The molecule has 0 spiro atoms. The number of hydrogen-bond donors (Lipinski definition) is 1. The number of aromatic nitrogens is 3. The van der Waals surface area contributed by atoms with Crippen LogP contribution in [0.25, 0.3) is 0 Å². The van der Waals surface area contributed by atoms with E-state index in [1.165, 1.54) is 0 Å². The van der Waals surface area contributed by atoms with Crippen LogP contribution in [0.1, 0.15) is 21.6 Å². The Hall–Kier alpha value is -3.48. The summed E-state index contributed by atoms with van der Waals surface area (Å²) in [4.78, 5) is 18.2. The molecule has 3 rings (SSSR count). The molecular weight excluding hydrogens is 354 g/mol. The fourth-order valence-electron chi connectivity index (χ4n) is 2.71. The summed E-state index contributed by atoms with van der Waals surface area (Å²) in [6.45, 7) is 2.59. The number of ether oxygens (including phenoxy) is 1. The molecule has 0 fully saturated rings. The van der Waals surface area contributed by atoms with E-state index >= 15 is 0 Å². The summed E-state index contributed by atoms with van der Waals surface area (Å²) >= 11 is 0. The lowest BCUT2D eigenvalue weighted by molar-refractivity contribution is 0.0789. The van der Waals surface area contributed by atoms with Gasteiger partial charge < -0.3 is 15.0 Å². The lowest BCUT2D eigenvalue weighted by atomic mass is 10.2. The quantitative estimate of drug-likeness (QED) is 0.681. The number of pyridine rings is 1. The highest BCUT2D eigenvalue weighted by molar-refractivity contribution is 5.92. The molecule has 1 aromatic carbocycles. The van der Waals surface area contributed by atoms with Crippen molar-refractivity contribution < 1.29 is 9.53 Å². The summed E-state index contributed by atoms with van der Waals surface area (Å²) in [5.41, 5.74) is 3.33. The number of rotatable bonds is 7. The first-order valence-corrected chi connectivity index (χ1v) is 8.96. The van der Waals surface area contributed by atoms with Crippen LogP contribution in [0, 0.1) is 6.92 Å². The van der Waals surface area contributed by atoms with Crippen LogP contribution in [-0.4, -0.2) is 46.7 Å². The number of carbonyl (C=O) groups excluding carboxylic acids is 1. The molecule has 0 aliphatic rings. The van der Waals surface area contributed by atoms with Gasteiger partial charge in [0, 0.05) is 26.0 Å². The fraction of sp³-hybridized carbons (Fsp3) is 0.238. The molecule has 0 atom stereocenters. The number of carbonyl (C=O) groups is 1. The van der Waals surface area contributed by atoms with Crippen molar-refractivity contribution in [2.24, 2.45) is 0 Å². The van der Waals surface area contributed by atoms with Gasteiger partial charge in [-0.25, -0.2) is 0 Å². The van der Waals surface area contributed by atoms with Gasteiger partial charge in [0.25, 0.3) is 5.91 Å². The van der Waals surface area contributed by atoms with Crippen LogP contribution in [0.4, 0.5) is 11.5 Å². The molecule has 0 aliphatic heterocycles. The molecule has 0 radical (unpaired) electrons. The van der Waals surface area contributed by atoms with Gasteiger partial charge in [-0.15, -0.1) is 10.2 Å². The van der Waals surface area contributed by atoms with Crippen LogP contribution in [0.15, 0.2) is 54.9 Å². The number of methoxy groups -OCH3 is 1. The maximum absolute atomic E-state index is 12.6. The lowest BCUT2D eigenvalue weighted by Gasteiger charge is -2.16. The molecule has 7 nitrogen and oxygen atoms in total. The standard InChI is InChI=1S/C21H23N5O2/c1-15-4-6-19(28-3)18(14-15)23-20-7-5-17(24-25-20)21(27)26(2)13-10-16-8-11-22-12-9-16/h4-9,11-12,14H,10,13H2,1-3H3,(H,23,25). The number of nitrogens with one attached hydrogen (secondary N) is 1. The minimum Gasteiger partial charge on any atom is -0.495 e. The molecule has 7 heteroatoms. The zero-order chi connectivity index (χ0) is 19.9. The predicted octanol–water partition coefficient (Wildman–Crippen LogP) is 3.25. The van der Waals surface area contributed by atoms with Gasteiger partial charge in [0.1, 0.15) is 5.75 Å². The number of hydrogen-bond acceptors (Lipinski definition) is 6. The highest BCUT2D eigenvalue weighted by atomic mass is 16.5. The molecule has 0 saturated heterocycles. The number of likely N-dealkylation sites (N-methyl/N-ethyl adjacent to an activating group) is 1. The summed E-state index contributed by atoms with van der Waals surface area (Å²) in [7, 11) is 3.38. The average Bonchev–Trinajstić information content (AvgIpc) is 2.73. The summed E-state index contributed by atoms with van der Waals surface area (Å²) in [5.74, 6) is 1.09. The Labute approximate surface area is 164 Å². The molecule has 144 valence electrons. The summed E-state index contributed by atoms with van der Waals surface area (Å²) in [6.07, 6.45) is 4.25. The molecule has 0 bridgehead atoms. The predicted molar refractivity (Wildman–Crippen MR) is 108 cm³/mol. The summed E-state index contributed by atoms with van der Waals surface area (Å²) in [6, 6.07) is 13.1. The first-order chi connectivity index (χ1) is 13.6.